The molecule has 0 aromatic heterocycles. The molecule has 0 radical (unpaired) electrons. The van der Waals surface area contributed by atoms with Gasteiger partial charge in [-0.25, -0.2) is 5.06 Å². The highest BCUT2D eigenvalue weighted by atomic mass is 28.2. The largest absolute Gasteiger partial charge is 0.333 e. The first kappa shape index (κ1) is 6.10. The summed E-state index contributed by atoms with van der Waals surface area (Å²) in [5, 5.41) is 6.72. The molecule has 0 bridgehead atoms. The van der Waals surface area contributed by atoms with Crippen LogP contribution in [0.1, 0.15) is 0 Å². The van der Waals surface area contributed by atoms with E-state index in [-0.39, 0.29) is 0 Å². The van der Waals surface area contributed by atoms with Gasteiger partial charge in [0.1, 0.15) is 0 Å². The van der Waals surface area contributed by atoms with Gasteiger partial charge in [0, 0.05) is 14.1 Å². The van der Waals surface area contributed by atoms with E-state index in [9.17, 15) is 0 Å². The minimum absolute atomic E-state index is 0.708. The van der Waals surface area contributed by atoms with E-state index in [1.807, 2.05) is 14.1 Å². The second kappa shape index (κ2) is 3.29. The zero-order valence-corrected chi connectivity index (χ0v) is 5.55. The first-order valence-corrected chi connectivity index (χ1v) is 3.17. The molecule has 0 aliphatic rings. The molecule has 4 heteroatoms. The van der Waals surface area contributed by atoms with Gasteiger partial charge in [0.15, 0.2) is 0 Å². The number of hydrogen-bond donors (Lipinski definition) is 1. The van der Waals surface area contributed by atoms with Crippen molar-refractivity contribution in [1.82, 2.24) is 5.06 Å². The van der Waals surface area contributed by atoms with Gasteiger partial charge in [-0.2, -0.15) is 0 Å². The first-order valence-electron chi connectivity index (χ1n) is 1.77. The van der Waals surface area contributed by atoms with Gasteiger partial charge in [0.2, 0.25) is 0 Å². The average molecular weight is 106 g/mol. The van der Waals surface area contributed by atoms with Gasteiger partial charge in [-0.15, -0.1) is 0 Å². The van der Waals surface area contributed by atoms with Crippen LogP contribution in [0, 0.1) is 0 Å². The molecule has 0 rings (SSSR count). The Morgan fingerprint density at radius 3 is 2.17 bits per heavy atom. The lowest BCUT2D eigenvalue weighted by Crippen LogP contribution is -2.21. The van der Waals surface area contributed by atoms with Crippen LogP contribution in [-0.2, 0) is 4.53 Å². The Labute approximate surface area is 40.0 Å². The highest BCUT2D eigenvalue weighted by Crippen LogP contribution is 1.65. The van der Waals surface area contributed by atoms with Crippen LogP contribution in [0.3, 0.4) is 0 Å². The van der Waals surface area contributed by atoms with Crippen molar-refractivity contribution in [1.29, 1.82) is 0 Å². The fourth-order valence-electron chi connectivity index (χ4n) is 0.149. The van der Waals surface area contributed by atoms with Crippen LogP contribution in [0.4, 0.5) is 0 Å². The smallest absolute Gasteiger partial charge is 0.259 e. The van der Waals surface area contributed by atoms with Crippen molar-refractivity contribution in [2.45, 2.75) is 0 Å². The van der Waals surface area contributed by atoms with E-state index < -0.39 is 9.92 Å². The van der Waals surface area contributed by atoms with Crippen molar-refractivity contribution in [2.75, 3.05) is 14.1 Å². The number of rotatable bonds is 2. The Kier molecular flexibility index (Phi) is 3.35. The highest BCUT2D eigenvalue weighted by molar-refractivity contribution is 6.21. The zero-order valence-electron chi connectivity index (χ0n) is 4.14. The third-order valence-electron chi connectivity index (χ3n) is 0.333. The topological polar surface area (TPSA) is 38.5 Å². The van der Waals surface area contributed by atoms with Crippen LogP contribution in [0.25, 0.3) is 0 Å². The summed E-state index contributed by atoms with van der Waals surface area (Å²) < 4.78 is 4.79. The van der Waals surface area contributed by atoms with Crippen LogP contribution >= 0.6 is 0 Å². The standard InChI is InChI=1S/C2H10N2OSi/c1-4(2)5-6-3/h3,6H2,1-2H3. The fraction of sp³-hybridized carbons (Fsp3) is 1.00. The summed E-state index contributed by atoms with van der Waals surface area (Å²) in [5.74, 6) is 0. The number of hydrogen-bond acceptors (Lipinski definition) is 3. The van der Waals surface area contributed by atoms with E-state index in [0.29, 0.717) is 0 Å². The molecule has 0 spiro atoms. The predicted octanol–water partition coefficient (Wildman–Crippen LogP) is -1.56. The normalized spacial score (nSPS) is 12.0. The maximum absolute atomic E-state index is 5.10. The number of hydroxylamine groups is 2. The van der Waals surface area contributed by atoms with Crippen molar-refractivity contribution < 1.29 is 4.53 Å². The van der Waals surface area contributed by atoms with E-state index in [4.69, 9.17) is 9.93 Å². The lowest BCUT2D eigenvalue weighted by Gasteiger charge is -2.05. The molecule has 0 saturated carbocycles. The van der Waals surface area contributed by atoms with E-state index in [1.165, 1.54) is 0 Å². The fourth-order valence-corrected chi connectivity index (χ4v) is 0.447. The minimum Gasteiger partial charge on any atom is -0.333 e. The molecule has 0 aromatic carbocycles. The van der Waals surface area contributed by atoms with Crippen molar-refractivity contribution in [2.24, 2.45) is 5.40 Å². The summed E-state index contributed by atoms with van der Waals surface area (Å²) in [4.78, 5) is 0. The summed E-state index contributed by atoms with van der Waals surface area (Å²) in [7, 11) is 2.93. The lowest BCUT2D eigenvalue weighted by atomic mass is 11.2. The molecule has 3 nitrogen and oxygen atoms in total. The zero-order chi connectivity index (χ0) is 4.99. The van der Waals surface area contributed by atoms with Crippen molar-refractivity contribution in [3.63, 3.8) is 0 Å². The summed E-state index contributed by atoms with van der Waals surface area (Å²) in [6, 6.07) is 0. The van der Waals surface area contributed by atoms with Crippen LogP contribution in [0.15, 0.2) is 0 Å². The molecule has 0 heterocycles. The third kappa shape index (κ3) is 4.10. The second-order valence-corrected chi connectivity index (χ2v) is 1.70. The molecule has 6 heavy (non-hydrogen) atoms. The lowest BCUT2D eigenvalue weighted by molar-refractivity contribution is -0.000185. The van der Waals surface area contributed by atoms with Gasteiger partial charge in [-0.3, -0.25) is 0 Å². The summed E-state index contributed by atoms with van der Waals surface area (Å²) >= 11 is 0. The van der Waals surface area contributed by atoms with Crippen LogP contribution in [-0.4, -0.2) is 29.1 Å². The van der Waals surface area contributed by atoms with E-state index >= 15 is 0 Å². The Morgan fingerprint density at radius 2 is 2.17 bits per heavy atom. The summed E-state index contributed by atoms with van der Waals surface area (Å²) in [6.07, 6.45) is 0. The molecule has 0 atom stereocenters. The molecule has 0 saturated heterocycles. The summed E-state index contributed by atoms with van der Waals surface area (Å²) in [5.41, 5.74) is 0. The Bertz CT molecular complexity index is 32.7. The van der Waals surface area contributed by atoms with Crippen molar-refractivity contribution >= 4 is 9.92 Å². The molecule has 0 aliphatic carbocycles. The number of nitrogens with zero attached hydrogens (tertiary/aromatic N) is 1. The van der Waals surface area contributed by atoms with E-state index in [0.717, 1.165) is 0 Å². The van der Waals surface area contributed by atoms with Crippen molar-refractivity contribution in [3.05, 3.63) is 0 Å². The molecule has 0 aromatic rings. The number of nitrogens with two attached hydrogens (primary N) is 1. The van der Waals surface area contributed by atoms with Gasteiger partial charge in [0.05, 0.1) is 0 Å². The predicted molar refractivity (Wildman–Crippen MR) is 27.5 cm³/mol. The van der Waals surface area contributed by atoms with Gasteiger partial charge in [-0.1, -0.05) is 0 Å². The Balaban J connectivity index is 2.63. The molecule has 0 amide bonds. The van der Waals surface area contributed by atoms with E-state index in [1.54, 1.807) is 5.06 Å². The van der Waals surface area contributed by atoms with Gasteiger partial charge >= 0.3 is 0 Å². The van der Waals surface area contributed by atoms with Crippen LogP contribution in [0.2, 0.25) is 0 Å². The van der Waals surface area contributed by atoms with Gasteiger partial charge in [0.25, 0.3) is 9.92 Å². The SMILES string of the molecule is CN(C)O[SiH2]N. The molecular formula is C2H10N2OSi. The quantitative estimate of drug-likeness (QED) is 0.342. The molecule has 0 fully saturated rings. The Hall–Kier alpha value is 0.0969. The first-order chi connectivity index (χ1) is 2.77. The van der Waals surface area contributed by atoms with Gasteiger partial charge in [-0.05, 0) is 0 Å². The monoisotopic (exact) mass is 106 g/mol. The molecule has 0 aliphatic heterocycles. The molecule has 2 N–H and O–H groups in total. The maximum Gasteiger partial charge on any atom is 0.259 e. The van der Waals surface area contributed by atoms with Crippen LogP contribution in [0.5, 0.6) is 0 Å². The molecule has 38 valence electrons. The van der Waals surface area contributed by atoms with E-state index in [2.05, 4.69) is 0 Å². The third-order valence-corrected chi connectivity index (χ3v) is 0.998. The average Bonchev–Trinajstić information content (AvgIpc) is 1.35. The second-order valence-electron chi connectivity index (χ2n) is 1.11. The Morgan fingerprint density at radius 1 is 1.67 bits per heavy atom. The summed E-state index contributed by atoms with van der Waals surface area (Å²) in [6.45, 7) is 0. The van der Waals surface area contributed by atoms with Crippen molar-refractivity contribution in [3.8, 4) is 0 Å². The minimum atomic E-state index is -0.708. The van der Waals surface area contributed by atoms with Crippen LogP contribution < -0.4 is 5.40 Å². The maximum atomic E-state index is 5.10. The van der Waals surface area contributed by atoms with Gasteiger partial charge < -0.3 is 9.93 Å². The molecule has 0 unspecified atom stereocenters. The molecular weight excluding hydrogens is 96.1 g/mol. The highest BCUT2D eigenvalue weighted by Gasteiger charge is 1.79.